The molecule has 0 spiro atoms. The summed E-state index contributed by atoms with van der Waals surface area (Å²) in [6.07, 6.45) is 2.34. The van der Waals surface area contributed by atoms with Crippen LogP contribution in [0.2, 0.25) is 0 Å². The van der Waals surface area contributed by atoms with Crippen LogP contribution in [0.25, 0.3) is 0 Å². The lowest BCUT2D eigenvalue weighted by molar-refractivity contribution is 0.171. The fraction of sp³-hybridized carbons (Fsp3) is 0.500. The second-order valence-electron chi connectivity index (χ2n) is 4.04. The van der Waals surface area contributed by atoms with Crippen LogP contribution in [0, 0.1) is 0 Å². The largest absolute Gasteiger partial charge is 0.486 e. The third-order valence-electron chi connectivity index (χ3n) is 2.98. The molecule has 0 amide bonds. The molecule has 0 unspecified atom stereocenters. The molecule has 0 atom stereocenters. The summed E-state index contributed by atoms with van der Waals surface area (Å²) < 4.78 is 11.2. The number of rotatable bonds is 0. The van der Waals surface area contributed by atoms with Gasteiger partial charge in [0.05, 0.1) is 0 Å². The van der Waals surface area contributed by atoms with Gasteiger partial charge in [0.2, 0.25) is 0 Å². The number of hydrogen-bond acceptors (Lipinski definition) is 3. The summed E-state index contributed by atoms with van der Waals surface area (Å²) in [5.41, 5.74) is 2.76. The Bertz CT molecular complexity index is 347. The Morgan fingerprint density at radius 1 is 1.00 bits per heavy atom. The molecule has 1 N–H and O–H groups in total. The summed E-state index contributed by atoms with van der Waals surface area (Å²) in [5.74, 6) is 1.82. The van der Waals surface area contributed by atoms with Gasteiger partial charge in [-0.05, 0) is 42.6 Å². The molecule has 2 aliphatic rings. The summed E-state index contributed by atoms with van der Waals surface area (Å²) in [5, 5.41) is 3.41. The highest BCUT2D eigenvalue weighted by Crippen LogP contribution is 2.34. The maximum Gasteiger partial charge on any atom is 0.161 e. The number of aryl methyl sites for hydroxylation is 1. The zero-order chi connectivity index (χ0) is 10.1. The third-order valence-corrected chi connectivity index (χ3v) is 2.98. The van der Waals surface area contributed by atoms with E-state index < -0.39 is 0 Å². The van der Waals surface area contributed by atoms with Crippen molar-refractivity contribution in [3.05, 3.63) is 23.3 Å². The number of hydrogen-bond donors (Lipinski definition) is 1. The topological polar surface area (TPSA) is 30.5 Å². The molecule has 0 radical (unpaired) electrons. The van der Waals surface area contributed by atoms with Gasteiger partial charge < -0.3 is 14.8 Å². The highest BCUT2D eigenvalue weighted by molar-refractivity contribution is 5.85. The maximum absolute atomic E-state index is 5.58. The molecular formula is C12H16ClNO2. The van der Waals surface area contributed by atoms with Crippen molar-refractivity contribution >= 4 is 12.4 Å². The Morgan fingerprint density at radius 2 is 1.69 bits per heavy atom. The first-order chi connectivity index (χ1) is 7.43. The summed E-state index contributed by atoms with van der Waals surface area (Å²) >= 11 is 0. The van der Waals surface area contributed by atoms with Gasteiger partial charge in [-0.15, -0.1) is 12.4 Å². The van der Waals surface area contributed by atoms with Crippen LogP contribution in [0.15, 0.2) is 12.1 Å². The fourth-order valence-electron chi connectivity index (χ4n) is 2.20. The second-order valence-corrected chi connectivity index (χ2v) is 4.04. The summed E-state index contributed by atoms with van der Waals surface area (Å²) in [6, 6.07) is 4.28. The number of fused-ring (bicyclic) bond motifs is 2. The van der Waals surface area contributed by atoms with Crippen molar-refractivity contribution in [1.82, 2.24) is 5.32 Å². The Labute approximate surface area is 102 Å². The van der Waals surface area contributed by atoms with Gasteiger partial charge in [-0.2, -0.15) is 0 Å². The second kappa shape index (κ2) is 4.93. The van der Waals surface area contributed by atoms with E-state index in [0.717, 1.165) is 31.0 Å². The zero-order valence-corrected chi connectivity index (χ0v) is 9.94. The van der Waals surface area contributed by atoms with E-state index in [0.29, 0.717) is 13.2 Å². The average Bonchev–Trinajstić information content (AvgIpc) is 2.50. The molecule has 2 heterocycles. The predicted octanol–water partition coefficient (Wildman–Crippen LogP) is 1.92. The molecule has 3 rings (SSSR count). The lowest BCUT2D eigenvalue weighted by Crippen LogP contribution is -2.16. The van der Waals surface area contributed by atoms with Crippen LogP contribution in [0.5, 0.6) is 11.5 Å². The van der Waals surface area contributed by atoms with Crippen LogP contribution in [0.4, 0.5) is 0 Å². The quantitative estimate of drug-likeness (QED) is 0.753. The van der Waals surface area contributed by atoms with E-state index in [4.69, 9.17) is 9.47 Å². The number of benzene rings is 1. The van der Waals surface area contributed by atoms with Crippen LogP contribution in [-0.4, -0.2) is 19.8 Å². The highest BCUT2D eigenvalue weighted by atomic mass is 35.5. The normalized spacial score (nSPS) is 18.0. The summed E-state index contributed by atoms with van der Waals surface area (Å²) in [7, 11) is 0. The van der Waals surface area contributed by atoms with Crippen LogP contribution >= 0.6 is 12.4 Å². The molecular weight excluding hydrogens is 226 g/mol. The van der Waals surface area contributed by atoms with E-state index in [2.05, 4.69) is 17.4 Å². The van der Waals surface area contributed by atoms with Gasteiger partial charge in [-0.3, -0.25) is 0 Å². The molecule has 0 aliphatic carbocycles. The molecule has 16 heavy (non-hydrogen) atoms. The summed E-state index contributed by atoms with van der Waals surface area (Å²) in [6.45, 7) is 3.39. The van der Waals surface area contributed by atoms with Crippen molar-refractivity contribution in [2.24, 2.45) is 0 Å². The van der Waals surface area contributed by atoms with Crippen LogP contribution in [0.3, 0.4) is 0 Å². The highest BCUT2D eigenvalue weighted by Gasteiger charge is 2.16. The van der Waals surface area contributed by atoms with E-state index in [1.165, 1.54) is 17.5 Å². The van der Waals surface area contributed by atoms with Gasteiger partial charge in [-0.25, -0.2) is 0 Å². The van der Waals surface area contributed by atoms with Crippen LogP contribution < -0.4 is 14.8 Å². The van der Waals surface area contributed by atoms with E-state index in [-0.39, 0.29) is 12.4 Å². The van der Waals surface area contributed by atoms with E-state index in [1.54, 1.807) is 0 Å². The molecule has 0 fully saturated rings. The average molecular weight is 242 g/mol. The monoisotopic (exact) mass is 241 g/mol. The predicted molar refractivity (Wildman–Crippen MR) is 64.7 cm³/mol. The van der Waals surface area contributed by atoms with Crippen molar-refractivity contribution in [2.45, 2.75) is 19.4 Å². The van der Waals surface area contributed by atoms with Crippen molar-refractivity contribution in [3.8, 4) is 11.5 Å². The fourth-order valence-corrected chi connectivity index (χ4v) is 2.20. The van der Waals surface area contributed by atoms with Gasteiger partial charge in [0.1, 0.15) is 13.2 Å². The number of nitrogens with one attached hydrogen (secondary N) is 1. The van der Waals surface area contributed by atoms with Crippen LogP contribution in [-0.2, 0) is 13.0 Å². The first-order valence-electron chi connectivity index (χ1n) is 5.55. The van der Waals surface area contributed by atoms with Gasteiger partial charge in [-0.1, -0.05) is 0 Å². The Hall–Kier alpha value is -0.930. The number of halogens is 1. The smallest absolute Gasteiger partial charge is 0.161 e. The molecule has 0 saturated heterocycles. The standard InChI is InChI=1S/C12H15NO2.ClH/c1-2-9-6-11-12(15-5-4-14-11)7-10(9)8-13-3-1;/h6-7,13H,1-5,8H2;1H. The molecule has 1 aromatic rings. The van der Waals surface area contributed by atoms with E-state index in [9.17, 15) is 0 Å². The van der Waals surface area contributed by atoms with Crippen molar-refractivity contribution in [2.75, 3.05) is 19.8 Å². The van der Waals surface area contributed by atoms with Gasteiger partial charge in [0.15, 0.2) is 11.5 Å². The van der Waals surface area contributed by atoms with Crippen molar-refractivity contribution in [3.63, 3.8) is 0 Å². The Kier molecular flexibility index (Phi) is 3.56. The maximum atomic E-state index is 5.58. The molecule has 2 aliphatic heterocycles. The lowest BCUT2D eigenvalue weighted by atomic mass is 10.0. The zero-order valence-electron chi connectivity index (χ0n) is 9.12. The SMILES string of the molecule is Cl.c1c2c(cc3c1OCCO3)CNCCC2. The van der Waals surface area contributed by atoms with E-state index in [1.807, 2.05) is 0 Å². The van der Waals surface area contributed by atoms with Crippen LogP contribution in [0.1, 0.15) is 17.5 Å². The molecule has 3 nitrogen and oxygen atoms in total. The minimum atomic E-state index is 0. The Morgan fingerprint density at radius 3 is 2.44 bits per heavy atom. The first-order valence-corrected chi connectivity index (χ1v) is 5.55. The first kappa shape index (κ1) is 11.6. The Balaban J connectivity index is 0.000000963. The van der Waals surface area contributed by atoms with Crippen molar-refractivity contribution in [1.29, 1.82) is 0 Å². The minimum absolute atomic E-state index is 0. The van der Waals surface area contributed by atoms with E-state index >= 15 is 0 Å². The summed E-state index contributed by atoms with van der Waals surface area (Å²) in [4.78, 5) is 0. The molecule has 4 heteroatoms. The van der Waals surface area contributed by atoms with Gasteiger partial charge in [0.25, 0.3) is 0 Å². The molecule has 1 aromatic carbocycles. The molecule has 0 saturated carbocycles. The molecule has 88 valence electrons. The lowest BCUT2D eigenvalue weighted by Gasteiger charge is -2.20. The third kappa shape index (κ3) is 2.11. The van der Waals surface area contributed by atoms with Crippen molar-refractivity contribution < 1.29 is 9.47 Å². The van der Waals surface area contributed by atoms with Gasteiger partial charge in [0, 0.05) is 6.54 Å². The number of ether oxygens (including phenoxy) is 2. The molecule has 0 bridgehead atoms. The van der Waals surface area contributed by atoms with Gasteiger partial charge >= 0.3 is 0 Å². The molecule has 0 aromatic heterocycles. The minimum Gasteiger partial charge on any atom is -0.486 e.